The molecule has 1 atom stereocenters. The zero-order valence-electron chi connectivity index (χ0n) is 11.9. The van der Waals surface area contributed by atoms with E-state index in [0.29, 0.717) is 6.04 Å². The van der Waals surface area contributed by atoms with Gasteiger partial charge in [0.15, 0.2) is 0 Å². The molecule has 0 aliphatic rings. The Labute approximate surface area is 124 Å². The predicted molar refractivity (Wildman–Crippen MR) is 85.3 cm³/mol. The molecule has 0 saturated heterocycles. The SMILES string of the molecule is CC(C)CNCCC(C)N(C)Cc1cc(Br)cs1. The Morgan fingerprint density at radius 3 is 2.67 bits per heavy atom. The lowest BCUT2D eigenvalue weighted by molar-refractivity contribution is 0.238. The zero-order valence-corrected chi connectivity index (χ0v) is 14.3. The second-order valence-electron chi connectivity index (χ2n) is 5.38. The topological polar surface area (TPSA) is 15.3 Å². The summed E-state index contributed by atoms with van der Waals surface area (Å²) in [5, 5.41) is 5.66. The highest BCUT2D eigenvalue weighted by Crippen LogP contribution is 2.21. The van der Waals surface area contributed by atoms with Crippen LogP contribution in [0.25, 0.3) is 0 Å². The second kappa shape index (κ2) is 8.31. The molecular weight excluding hydrogens is 308 g/mol. The summed E-state index contributed by atoms with van der Waals surface area (Å²) in [5.41, 5.74) is 0. The monoisotopic (exact) mass is 332 g/mol. The fourth-order valence-corrected chi connectivity index (χ4v) is 3.27. The van der Waals surface area contributed by atoms with Gasteiger partial charge in [-0.3, -0.25) is 4.90 Å². The van der Waals surface area contributed by atoms with Gasteiger partial charge in [-0.25, -0.2) is 0 Å². The van der Waals surface area contributed by atoms with Crippen molar-refractivity contribution in [3.8, 4) is 0 Å². The molecule has 0 aliphatic heterocycles. The summed E-state index contributed by atoms with van der Waals surface area (Å²) in [6.45, 7) is 10.1. The van der Waals surface area contributed by atoms with Crippen LogP contribution in [-0.4, -0.2) is 31.1 Å². The van der Waals surface area contributed by atoms with E-state index in [1.54, 1.807) is 0 Å². The van der Waals surface area contributed by atoms with E-state index in [4.69, 9.17) is 0 Å². The Morgan fingerprint density at radius 1 is 1.39 bits per heavy atom. The van der Waals surface area contributed by atoms with Crippen LogP contribution in [0.2, 0.25) is 0 Å². The smallest absolute Gasteiger partial charge is 0.0328 e. The number of nitrogens with zero attached hydrogens (tertiary/aromatic N) is 1. The van der Waals surface area contributed by atoms with E-state index >= 15 is 0 Å². The summed E-state index contributed by atoms with van der Waals surface area (Å²) in [7, 11) is 2.21. The van der Waals surface area contributed by atoms with Crippen molar-refractivity contribution in [1.29, 1.82) is 0 Å². The molecule has 18 heavy (non-hydrogen) atoms. The lowest BCUT2D eigenvalue weighted by Gasteiger charge is -2.24. The first-order valence-electron chi connectivity index (χ1n) is 6.63. The first-order valence-corrected chi connectivity index (χ1v) is 8.30. The predicted octanol–water partition coefficient (Wildman–Crippen LogP) is 3.97. The molecular formula is C14H25BrN2S. The molecule has 0 fully saturated rings. The molecule has 2 nitrogen and oxygen atoms in total. The van der Waals surface area contributed by atoms with Gasteiger partial charge in [0.05, 0.1) is 0 Å². The van der Waals surface area contributed by atoms with E-state index in [2.05, 4.69) is 65.4 Å². The highest BCUT2D eigenvalue weighted by Gasteiger charge is 2.10. The highest BCUT2D eigenvalue weighted by molar-refractivity contribution is 9.10. The van der Waals surface area contributed by atoms with Crippen LogP contribution in [-0.2, 0) is 6.54 Å². The Bertz CT molecular complexity index is 338. The molecule has 0 aliphatic carbocycles. The molecule has 1 aromatic rings. The number of thiophene rings is 1. The van der Waals surface area contributed by atoms with E-state index in [1.807, 2.05) is 11.3 Å². The number of halogens is 1. The number of nitrogens with one attached hydrogen (secondary N) is 1. The van der Waals surface area contributed by atoms with E-state index < -0.39 is 0 Å². The van der Waals surface area contributed by atoms with Crippen LogP contribution in [0.5, 0.6) is 0 Å². The lowest BCUT2D eigenvalue weighted by atomic mass is 10.2. The van der Waals surface area contributed by atoms with Crippen molar-refractivity contribution in [3.05, 3.63) is 20.8 Å². The molecule has 104 valence electrons. The standard InChI is InChI=1S/C14H25BrN2S/c1-11(2)8-16-6-5-12(3)17(4)9-14-7-13(15)10-18-14/h7,10-12,16H,5-6,8-9H2,1-4H3. The third kappa shape index (κ3) is 6.32. The van der Waals surface area contributed by atoms with Crippen molar-refractivity contribution >= 4 is 27.3 Å². The van der Waals surface area contributed by atoms with Crippen molar-refractivity contribution in [2.45, 2.75) is 39.8 Å². The van der Waals surface area contributed by atoms with Crippen LogP contribution in [0.4, 0.5) is 0 Å². The third-order valence-corrected chi connectivity index (χ3v) is 4.75. The normalized spacial score (nSPS) is 13.5. The van der Waals surface area contributed by atoms with Gasteiger partial charge in [0.25, 0.3) is 0 Å². The molecule has 0 aromatic carbocycles. The Morgan fingerprint density at radius 2 is 2.11 bits per heavy atom. The van der Waals surface area contributed by atoms with Gasteiger partial charge in [0, 0.05) is 27.3 Å². The Hall–Kier alpha value is 0.1000. The number of rotatable bonds is 8. The molecule has 0 saturated carbocycles. The molecule has 0 radical (unpaired) electrons. The fourth-order valence-electron chi connectivity index (χ4n) is 1.76. The van der Waals surface area contributed by atoms with Gasteiger partial charge in [-0.15, -0.1) is 11.3 Å². The molecule has 1 rings (SSSR count). The first-order chi connectivity index (χ1) is 8.49. The minimum absolute atomic E-state index is 0.616. The molecule has 1 heterocycles. The molecule has 4 heteroatoms. The van der Waals surface area contributed by atoms with Crippen LogP contribution < -0.4 is 5.32 Å². The van der Waals surface area contributed by atoms with Crippen molar-refractivity contribution in [2.75, 3.05) is 20.1 Å². The molecule has 0 amide bonds. The quantitative estimate of drug-likeness (QED) is 0.724. The molecule has 0 bridgehead atoms. The van der Waals surface area contributed by atoms with Gasteiger partial charge in [-0.05, 0) is 61.4 Å². The van der Waals surface area contributed by atoms with Crippen molar-refractivity contribution in [1.82, 2.24) is 10.2 Å². The second-order valence-corrected chi connectivity index (χ2v) is 7.29. The van der Waals surface area contributed by atoms with Gasteiger partial charge in [0.2, 0.25) is 0 Å². The summed E-state index contributed by atoms with van der Waals surface area (Å²) in [4.78, 5) is 3.85. The van der Waals surface area contributed by atoms with Crippen molar-refractivity contribution in [2.24, 2.45) is 5.92 Å². The zero-order chi connectivity index (χ0) is 13.5. The molecule has 1 unspecified atom stereocenters. The number of hydrogen-bond acceptors (Lipinski definition) is 3. The van der Waals surface area contributed by atoms with Gasteiger partial charge in [-0.1, -0.05) is 13.8 Å². The summed E-state index contributed by atoms with van der Waals surface area (Å²) < 4.78 is 1.20. The number of hydrogen-bond donors (Lipinski definition) is 1. The van der Waals surface area contributed by atoms with Gasteiger partial charge >= 0.3 is 0 Å². The maximum absolute atomic E-state index is 3.51. The van der Waals surface area contributed by atoms with E-state index in [1.165, 1.54) is 15.8 Å². The summed E-state index contributed by atoms with van der Waals surface area (Å²) >= 11 is 5.33. The lowest BCUT2D eigenvalue weighted by Crippen LogP contribution is -2.32. The first kappa shape index (κ1) is 16.2. The van der Waals surface area contributed by atoms with Crippen LogP contribution in [0.1, 0.15) is 32.1 Å². The largest absolute Gasteiger partial charge is 0.316 e. The Balaban J connectivity index is 2.22. The maximum Gasteiger partial charge on any atom is 0.0328 e. The van der Waals surface area contributed by atoms with Crippen LogP contribution in [0.15, 0.2) is 15.9 Å². The van der Waals surface area contributed by atoms with Gasteiger partial charge < -0.3 is 5.32 Å². The molecule has 1 aromatic heterocycles. The average molecular weight is 333 g/mol. The van der Waals surface area contributed by atoms with Gasteiger partial charge in [0.1, 0.15) is 0 Å². The third-order valence-electron chi connectivity index (χ3n) is 3.07. The van der Waals surface area contributed by atoms with E-state index in [9.17, 15) is 0 Å². The average Bonchev–Trinajstić information content (AvgIpc) is 2.69. The summed E-state index contributed by atoms with van der Waals surface area (Å²) in [6.07, 6.45) is 1.20. The van der Waals surface area contributed by atoms with Crippen molar-refractivity contribution in [3.63, 3.8) is 0 Å². The summed E-state index contributed by atoms with van der Waals surface area (Å²) in [5.74, 6) is 0.738. The van der Waals surface area contributed by atoms with Crippen LogP contribution in [0, 0.1) is 5.92 Å². The maximum atomic E-state index is 3.51. The highest BCUT2D eigenvalue weighted by atomic mass is 79.9. The minimum Gasteiger partial charge on any atom is -0.316 e. The fraction of sp³-hybridized carbons (Fsp3) is 0.714. The summed E-state index contributed by atoms with van der Waals surface area (Å²) in [6, 6.07) is 2.83. The molecule has 1 N–H and O–H groups in total. The van der Waals surface area contributed by atoms with Crippen molar-refractivity contribution < 1.29 is 0 Å². The van der Waals surface area contributed by atoms with Gasteiger partial charge in [-0.2, -0.15) is 0 Å². The van der Waals surface area contributed by atoms with E-state index in [0.717, 1.165) is 25.6 Å². The van der Waals surface area contributed by atoms with Crippen LogP contribution >= 0.6 is 27.3 Å². The minimum atomic E-state index is 0.616. The molecule has 0 spiro atoms. The van der Waals surface area contributed by atoms with E-state index in [-0.39, 0.29) is 0 Å². The Kier molecular flexibility index (Phi) is 7.46. The van der Waals surface area contributed by atoms with Crippen LogP contribution in [0.3, 0.4) is 0 Å².